The Labute approximate surface area is 131 Å². The number of esters is 1. The molecule has 1 aromatic carbocycles. The van der Waals surface area contributed by atoms with Crippen molar-refractivity contribution in [2.75, 3.05) is 13.7 Å². The van der Waals surface area contributed by atoms with Crippen molar-refractivity contribution in [1.29, 1.82) is 0 Å². The predicted octanol–water partition coefficient (Wildman–Crippen LogP) is 3.67. The fourth-order valence-electron chi connectivity index (χ4n) is 2.26. The average molecular weight is 299 g/mol. The smallest absolute Gasteiger partial charge is 0.338 e. The zero-order chi connectivity index (χ0) is 16.1. The molecule has 0 saturated heterocycles. The summed E-state index contributed by atoms with van der Waals surface area (Å²) in [6, 6.07) is 10.9. The number of hydrogen-bond acceptors (Lipinski definition) is 4. The van der Waals surface area contributed by atoms with Gasteiger partial charge >= 0.3 is 5.97 Å². The number of carbonyl (C=O) groups excluding carboxylic acids is 1. The highest BCUT2D eigenvalue weighted by Crippen LogP contribution is 2.18. The van der Waals surface area contributed by atoms with Crippen molar-refractivity contribution in [2.24, 2.45) is 0 Å². The molecule has 4 heteroatoms. The number of ether oxygens (including phenoxy) is 2. The quantitative estimate of drug-likeness (QED) is 0.790. The van der Waals surface area contributed by atoms with E-state index in [0.717, 1.165) is 17.0 Å². The van der Waals surface area contributed by atoms with Crippen LogP contribution < -0.4 is 4.74 Å². The minimum absolute atomic E-state index is 0.127. The Morgan fingerprint density at radius 2 is 1.73 bits per heavy atom. The predicted molar refractivity (Wildman–Crippen MR) is 85.4 cm³/mol. The van der Waals surface area contributed by atoms with Gasteiger partial charge in [-0.1, -0.05) is 6.92 Å². The summed E-state index contributed by atoms with van der Waals surface area (Å²) in [5, 5.41) is 0. The number of carbonyl (C=O) groups is 1. The van der Waals surface area contributed by atoms with E-state index in [9.17, 15) is 4.79 Å². The Balaban J connectivity index is 1.97. The van der Waals surface area contributed by atoms with Crippen LogP contribution in [0.15, 0.2) is 36.4 Å². The first-order valence-electron chi connectivity index (χ1n) is 7.26. The lowest BCUT2D eigenvalue weighted by molar-refractivity contribution is 0.0485. The SMILES string of the molecule is COc1ccc(C(=O)OCC(C)c2cc(C)nc(C)c2)cc1. The second kappa shape index (κ2) is 7.07. The van der Waals surface area contributed by atoms with Crippen LogP contribution in [-0.2, 0) is 4.74 Å². The van der Waals surface area contributed by atoms with Crippen molar-refractivity contribution in [3.63, 3.8) is 0 Å². The van der Waals surface area contributed by atoms with Crippen molar-refractivity contribution in [2.45, 2.75) is 26.7 Å². The van der Waals surface area contributed by atoms with E-state index in [0.29, 0.717) is 17.9 Å². The molecule has 2 aromatic rings. The van der Waals surface area contributed by atoms with Crippen LogP contribution in [0.1, 0.15) is 40.2 Å². The van der Waals surface area contributed by atoms with Gasteiger partial charge in [0.2, 0.25) is 0 Å². The summed E-state index contributed by atoms with van der Waals surface area (Å²) >= 11 is 0. The van der Waals surface area contributed by atoms with Crippen molar-refractivity contribution in [3.05, 3.63) is 58.9 Å². The lowest BCUT2D eigenvalue weighted by atomic mass is 10.0. The van der Waals surface area contributed by atoms with Crippen LogP contribution in [-0.4, -0.2) is 24.7 Å². The number of pyridine rings is 1. The molecule has 0 saturated carbocycles. The molecule has 0 radical (unpaired) electrons. The first-order valence-corrected chi connectivity index (χ1v) is 7.26. The highest BCUT2D eigenvalue weighted by molar-refractivity contribution is 5.89. The largest absolute Gasteiger partial charge is 0.497 e. The number of rotatable bonds is 5. The van der Waals surface area contributed by atoms with Crippen LogP contribution in [0.4, 0.5) is 0 Å². The number of methoxy groups -OCH3 is 1. The van der Waals surface area contributed by atoms with Crippen LogP contribution in [0.5, 0.6) is 5.75 Å². The van der Waals surface area contributed by atoms with Crippen molar-refractivity contribution in [1.82, 2.24) is 4.98 Å². The number of nitrogens with zero attached hydrogens (tertiary/aromatic N) is 1. The second-order valence-electron chi connectivity index (χ2n) is 5.41. The second-order valence-corrected chi connectivity index (χ2v) is 5.41. The highest BCUT2D eigenvalue weighted by atomic mass is 16.5. The van der Waals surface area contributed by atoms with Gasteiger partial charge in [0, 0.05) is 17.3 Å². The van der Waals surface area contributed by atoms with Gasteiger partial charge < -0.3 is 9.47 Å². The molecule has 1 aromatic heterocycles. The monoisotopic (exact) mass is 299 g/mol. The molecular weight excluding hydrogens is 278 g/mol. The minimum atomic E-state index is -0.322. The van der Waals surface area contributed by atoms with E-state index in [1.165, 1.54) is 0 Å². The molecule has 4 nitrogen and oxygen atoms in total. The fourth-order valence-corrected chi connectivity index (χ4v) is 2.26. The molecule has 0 aliphatic carbocycles. The summed E-state index contributed by atoms with van der Waals surface area (Å²) in [6.07, 6.45) is 0. The summed E-state index contributed by atoms with van der Waals surface area (Å²) in [6.45, 7) is 6.31. The highest BCUT2D eigenvalue weighted by Gasteiger charge is 2.12. The molecule has 0 aliphatic heterocycles. The number of aromatic nitrogens is 1. The molecule has 0 bridgehead atoms. The average Bonchev–Trinajstić information content (AvgIpc) is 2.51. The van der Waals surface area contributed by atoms with Crippen molar-refractivity contribution >= 4 is 5.97 Å². The summed E-state index contributed by atoms with van der Waals surface area (Å²) < 4.78 is 10.5. The summed E-state index contributed by atoms with van der Waals surface area (Å²) in [4.78, 5) is 16.4. The van der Waals surface area contributed by atoms with Crippen molar-refractivity contribution < 1.29 is 14.3 Å². The zero-order valence-electron chi connectivity index (χ0n) is 13.4. The van der Waals surface area contributed by atoms with E-state index in [1.54, 1.807) is 31.4 Å². The van der Waals surface area contributed by atoms with Gasteiger partial charge in [-0.3, -0.25) is 4.98 Å². The standard InChI is InChI=1S/C18H21NO3/c1-12(16-9-13(2)19-14(3)10-16)11-22-18(20)15-5-7-17(21-4)8-6-15/h5-10,12H,11H2,1-4H3. The molecule has 1 atom stereocenters. The number of hydrogen-bond donors (Lipinski definition) is 0. The Hall–Kier alpha value is -2.36. The van der Waals surface area contributed by atoms with E-state index >= 15 is 0 Å². The van der Waals surface area contributed by atoms with Crippen LogP contribution in [0.3, 0.4) is 0 Å². The lowest BCUT2D eigenvalue weighted by Gasteiger charge is -2.14. The van der Waals surface area contributed by atoms with Crippen LogP contribution in [0.25, 0.3) is 0 Å². The first-order chi connectivity index (χ1) is 10.5. The van der Waals surface area contributed by atoms with Crippen LogP contribution >= 0.6 is 0 Å². The molecule has 1 heterocycles. The maximum Gasteiger partial charge on any atom is 0.338 e. The molecule has 0 amide bonds. The third-order valence-corrected chi connectivity index (χ3v) is 3.46. The zero-order valence-corrected chi connectivity index (χ0v) is 13.4. The summed E-state index contributed by atoms with van der Waals surface area (Å²) in [5.41, 5.74) is 3.61. The van der Waals surface area contributed by atoms with E-state index in [1.807, 2.05) is 32.9 Å². The number of aryl methyl sites for hydroxylation is 2. The van der Waals surface area contributed by atoms with Gasteiger partial charge in [-0.2, -0.15) is 0 Å². The summed E-state index contributed by atoms with van der Waals surface area (Å²) in [7, 11) is 1.59. The van der Waals surface area contributed by atoms with E-state index < -0.39 is 0 Å². The van der Waals surface area contributed by atoms with E-state index in [2.05, 4.69) is 4.98 Å². The topological polar surface area (TPSA) is 48.4 Å². The Morgan fingerprint density at radius 1 is 1.14 bits per heavy atom. The molecule has 2 rings (SSSR count). The van der Waals surface area contributed by atoms with Gasteiger partial charge in [-0.25, -0.2) is 4.79 Å². The fraction of sp³-hybridized carbons (Fsp3) is 0.333. The molecule has 0 N–H and O–H groups in total. The molecule has 0 spiro atoms. The van der Waals surface area contributed by atoms with Gasteiger partial charge in [0.1, 0.15) is 5.75 Å². The lowest BCUT2D eigenvalue weighted by Crippen LogP contribution is -2.11. The molecule has 1 unspecified atom stereocenters. The van der Waals surface area contributed by atoms with E-state index in [4.69, 9.17) is 9.47 Å². The Kier molecular flexibility index (Phi) is 5.15. The van der Waals surface area contributed by atoms with Gasteiger partial charge in [0.05, 0.1) is 19.3 Å². The van der Waals surface area contributed by atoms with Gasteiger partial charge in [-0.05, 0) is 55.8 Å². The Bertz CT molecular complexity index is 630. The van der Waals surface area contributed by atoms with E-state index in [-0.39, 0.29) is 11.9 Å². The van der Waals surface area contributed by atoms with Crippen LogP contribution in [0.2, 0.25) is 0 Å². The third kappa shape index (κ3) is 4.07. The van der Waals surface area contributed by atoms with Gasteiger partial charge in [-0.15, -0.1) is 0 Å². The molecular formula is C18H21NO3. The maximum atomic E-state index is 12.0. The van der Waals surface area contributed by atoms with Gasteiger partial charge in [0.25, 0.3) is 0 Å². The normalized spacial score (nSPS) is 11.8. The van der Waals surface area contributed by atoms with Crippen molar-refractivity contribution in [3.8, 4) is 5.75 Å². The maximum absolute atomic E-state index is 12.0. The summed E-state index contributed by atoms with van der Waals surface area (Å²) in [5.74, 6) is 0.521. The molecule has 22 heavy (non-hydrogen) atoms. The molecule has 0 aliphatic rings. The molecule has 0 fully saturated rings. The third-order valence-electron chi connectivity index (χ3n) is 3.46. The molecule has 116 valence electrons. The Morgan fingerprint density at radius 3 is 2.27 bits per heavy atom. The minimum Gasteiger partial charge on any atom is -0.497 e. The van der Waals surface area contributed by atoms with Gasteiger partial charge in [0.15, 0.2) is 0 Å². The van der Waals surface area contributed by atoms with Crippen LogP contribution in [0, 0.1) is 13.8 Å². The number of benzene rings is 1. The first kappa shape index (κ1) is 16.0.